The molecule has 0 aliphatic carbocycles. The zero-order chi connectivity index (χ0) is 9.68. The van der Waals surface area contributed by atoms with E-state index in [2.05, 4.69) is 16.0 Å². The van der Waals surface area contributed by atoms with Crippen molar-refractivity contribution in [3.8, 4) is 12.3 Å². The molecule has 0 aliphatic heterocycles. The molecule has 0 saturated carbocycles. The molecule has 0 bridgehead atoms. The molecule has 3 heteroatoms. The molecular weight excluding hydrogens is 162 g/mol. The minimum Gasteiger partial charge on any atom is -0.223 e. The van der Waals surface area contributed by atoms with Gasteiger partial charge in [-0.05, 0) is 6.07 Å². The molecule has 0 amide bonds. The quantitative estimate of drug-likeness (QED) is 0.568. The van der Waals surface area contributed by atoms with E-state index in [0.717, 1.165) is 5.65 Å². The minimum atomic E-state index is 0.637. The Morgan fingerprint density at radius 3 is 2.85 bits per heavy atom. The van der Waals surface area contributed by atoms with Crippen molar-refractivity contribution in [1.29, 1.82) is 0 Å². The lowest BCUT2D eigenvalue weighted by Crippen LogP contribution is -1.90. The highest BCUT2D eigenvalue weighted by atomic mass is 15.2. The molecule has 0 unspecified atom stereocenters. The molecule has 2 heterocycles. The lowest BCUT2D eigenvalue weighted by Gasteiger charge is -1.91. The topological polar surface area (TPSA) is 30.2 Å². The zero-order valence-electron chi connectivity index (χ0n) is 7.73. The van der Waals surface area contributed by atoms with Crippen LogP contribution in [0.15, 0.2) is 24.5 Å². The average molecular weight is 173 g/mol. The van der Waals surface area contributed by atoms with E-state index < -0.39 is 0 Å². The van der Waals surface area contributed by atoms with Crippen molar-refractivity contribution in [2.45, 2.75) is 13.8 Å². The second kappa shape index (κ2) is 4.27. The van der Waals surface area contributed by atoms with Crippen LogP contribution in [0.4, 0.5) is 0 Å². The summed E-state index contributed by atoms with van der Waals surface area (Å²) in [5, 5.41) is 3.98. The van der Waals surface area contributed by atoms with E-state index in [9.17, 15) is 0 Å². The molecule has 0 aliphatic rings. The van der Waals surface area contributed by atoms with Gasteiger partial charge in [0.05, 0.1) is 6.20 Å². The van der Waals surface area contributed by atoms with Crippen LogP contribution < -0.4 is 0 Å². The van der Waals surface area contributed by atoms with Gasteiger partial charge in [0.15, 0.2) is 5.65 Å². The maximum absolute atomic E-state index is 5.17. The molecule has 0 aromatic carbocycles. The van der Waals surface area contributed by atoms with E-state index in [1.54, 1.807) is 29.0 Å². The van der Waals surface area contributed by atoms with Crippen LogP contribution in [0.3, 0.4) is 0 Å². The maximum Gasteiger partial charge on any atom is 0.156 e. The fourth-order valence-corrected chi connectivity index (χ4v) is 0.893. The molecule has 0 spiro atoms. The number of fused-ring (bicyclic) bond motifs is 1. The number of aromatic nitrogens is 3. The van der Waals surface area contributed by atoms with E-state index in [0.29, 0.717) is 5.69 Å². The van der Waals surface area contributed by atoms with Gasteiger partial charge in [-0.25, -0.2) is 9.50 Å². The molecule has 2 rings (SSSR count). The van der Waals surface area contributed by atoms with Crippen LogP contribution >= 0.6 is 0 Å². The highest BCUT2D eigenvalue weighted by molar-refractivity contribution is 5.39. The first-order valence-electron chi connectivity index (χ1n) is 4.17. The van der Waals surface area contributed by atoms with Crippen LogP contribution in [0.5, 0.6) is 0 Å². The number of hydrogen-bond donors (Lipinski definition) is 0. The highest BCUT2D eigenvalue weighted by Crippen LogP contribution is 1.98. The predicted molar refractivity (Wildman–Crippen MR) is 52.3 cm³/mol. The zero-order valence-corrected chi connectivity index (χ0v) is 7.73. The largest absolute Gasteiger partial charge is 0.223 e. The van der Waals surface area contributed by atoms with E-state index in [4.69, 9.17) is 6.42 Å². The Labute approximate surface area is 77.4 Å². The second-order valence-corrected chi connectivity index (χ2v) is 2.09. The average Bonchev–Trinajstić information content (AvgIpc) is 2.67. The van der Waals surface area contributed by atoms with Crippen LogP contribution in [-0.4, -0.2) is 14.6 Å². The third-order valence-electron chi connectivity index (χ3n) is 1.41. The van der Waals surface area contributed by atoms with Crippen molar-refractivity contribution in [3.05, 3.63) is 30.2 Å². The van der Waals surface area contributed by atoms with Gasteiger partial charge in [0.25, 0.3) is 0 Å². The number of hydrogen-bond acceptors (Lipinski definition) is 2. The van der Waals surface area contributed by atoms with Gasteiger partial charge in [-0.3, -0.25) is 0 Å². The van der Waals surface area contributed by atoms with Crippen molar-refractivity contribution in [2.75, 3.05) is 0 Å². The summed E-state index contributed by atoms with van der Waals surface area (Å²) in [5.74, 6) is 2.46. The van der Waals surface area contributed by atoms with Gasteiger partial charge in [0.2, 0.25) is 0 Å². The molecule has 0 fully saturated rings. The fourth-order valence-electron chi connectivity index (χ4n) is 0.893. The summed E-state index contributed by atoms with van der Waals surface area (Å²) >= 11 is 0. The van der Waals surface area contributed by atoms with Crippen molar-refractivity contribution in [1.82, 2.24) is 14.6 Å². The summed E-state index contributed by atoms with van der Waals surface area (Å²) in [6.45, 7) is 4.00. The SMILES string of the molecule is C#Cc1ccn2nccc2n1.CC. The number of nitrogens with zero attached hydrogens (tertiary/aromatic N) is 3. The molecule has 0 atom stereocenters. The summed E-state index contributed by atoms with van der Waals surface area (Å²) in [6.07, 6.45) is 8.64. The molecule has 2 aromatic rings. The van der Waals surface area contributed by atoms with Crippen molar-refractivity contribution in [3.63, 3.8) is 0 Å². The summed E-state index contributed by atoms with van der Waals surface area (Å²) in [4.78, 5) is 4.12. The Morgan fingerprint density at radius 2 is 2.15 bits per heavy atom. The van der Waals surface area contributed by atoms with Crippen LogP contribution in [-0.2, 0) is 0 Å². The second-order valence-electron chi connectivity index (χ2n) is 2.09. The van der Waals surface area contributed by atoms with Crippen molar-refractivity contribution in [2.24, 2.45) is 0 Å². The van der Waals surface area contributed by atoms with E-state index in [1.165, 1.54) is 0 Å². The van der Waals surface area contributed by atoms with Gasteiger partial charge < -0.3 is 0 Å². The number of rotatable bonds is 0. The lowest BCUT2D eigenvalue weighted by molar-refractivity contribution is 0.936. The Morgan fingerprint density at radius 1 is 1.38 bits per heavy atom. The third-order valence-corrected chi connectivity index (χ3v) is 1.41. The van der Waals surface area contributed by atoms with E-state index in [-0.39, 0.29) is 0 Å². The molecule has 0 radical (unpaired) electrons. The molecule has 66 valence electrons. The van der Waals surface area contributed by atoms with Gasteiger partial charge in [-0.15, -0.1) is 6.42 Å². The van der Waals surface area contributed by atoms with Gasteiger partial charge in [0, 0.05) is 12.3 Å². The molecule has 0 N–H and O–H groups in total. The molecule has 2 aromatic heterocycles. The Bertz CT molecular complexity index is 423. The van der Waals surface area contributed by atoms with Crippen LogP contribution in [0, 0.1) is 12.3 Å². The molecular formula is C10H11N3. The predicted octanol–water partition coefficient (Wildman–Crippen LogP) is 1.74. The Balaban J connectivity index is 0.000000396. The van der Waals surface area contributed by atoms with Gasteiger partial charge in [-0.2, -0.15) is 5.10 Å². The smallest absolute Gasteiger partial charge is 0.156 e. The van der Waals surface area contributed by atoms with Crippen LogP contribution in [0.2, 0.25) is 0 Å². The molecule has 13 heavy (non-hydrogen) atoms. The number of terminal acetylenes is 1. The van der Waals surface area contributed by atoms with Crippen LogP contribution in [0.1, 0.15) is 19.5 Å². The van der Waals surface area contributed by atoms with Crippen LogP contribution in [0.25, 0.3) is 5.65 Å². The Hall–Kier alpha value is -1.82. The Kier molecular flexibility index (Phi) is 3.04. The maximum atomic E-state index is 5.17. The van der Waals surface area contributed by atoms with Gasteiger partial charge >= 0.3 is 0 Å². The molecule has 3 nitrogen and oxygen atoms in total. The normalized spacial score (nSPS) is 8.69. The first-order valence-corrected chi connectivity index (χ1v) is 4.17. The third kappa shape index (κ3) is 1.85. The minimum absolute atomic E-state index is 0.637. The van der Waals surface area contributed by atoms with E-state index in [1.807, 2.05) is 13.8 Å². The molecule has 0 saturated heterocycles. The first kappa shape index (κ1) is 9.27. The highest BCUT2D eigenvalue weighted by Gasteiger charge is 1.93. The summed E-state index contributed by atoms with van der Waals surface area (Å²) in [6, 6.07) is 3.56. The summed E-state index contributed by atoms with van der Waals surface area (Å²) in [5.41, 5.74) is 1.42. The van der Waals surface area contributed by atoms with E-state index >= 15 is 0 Å². The summed E-state index contributed by atoms with van der Waals surface area (Å²) in [7, 11) is 0. The lowest BCUT2D eigenvalue weighted by atomic mass is 10.4. The van der Waals surface area contributed by atoms with Crippen molar-refractivity contribution >= 4 is 5.65 Å². The van der Waals surface area contributed by atoms with Crippen molar-refractivity contribution < 1.29 is 0 Å². The van der Waals surface area contributed by atoms with Gasteiger partial charge in [-0.1, -0.05) is 19.8 Å². The standard InChI is InChI=1S/C8H5N3.C2H6/c1-2-7-4-6-11-8(10-7)3-5-9-11;1-2/h1,3-6H;1-2H3. The summed E-state index contributed by atoms with van der Waals surface area (Å²) < 4.78 is 1.67. The fraction of sp³-hybridized carbons (Fsp3) is 0.200. The monoisotopic (exact) mass is 173 g/mol. The van der Waals surface area contributed by atoms with Gasteiger partial charge in [0.1, 0.15) is 5.69 Å². The first-order chi connectivity index (χ1) is 6.40.